The predicted molar refractivity (Wildman–Crippen MR) is 74.9 cm³/mol. The number of nitrogens with zero attached hydrogens (tertiary/aromatic N) is 1. The van der Waals surface area contributed by atoms with Crippen LogP contribution in [0.1, 0.15) is 25.3 Å². The van der Waals surface area contributed by atoms with E-state index in [9.17, 15) is 10.1 Å². The fraction of sp³-hybridized carbons (Fsp3) is 0.571. The van der Waals surface area contributed by atoms with Crippen LogP contribution in [0.25, 0.3) is 0 Å². The molecule has 2 rings (SSSR count). The maximum absolute atomic E-state index is 11.0. The van der Waals surface area contributed by atoms with Gasteiger partial charge in [-0.25, -0.2) is 0 Å². The molecular weight excluding hydrogens is 260 g/mol. The molecule has 1 heterocycles. The van der Waals surface area contributed by atoms with Gasteiger partial charge in [0.15, 0.2) is 5.75 Å². The van der Waals surface area contributed by atoms with Crippen molar-refractivity contribution < 1.29 is 14.4 Å². The lowest BCUT2D eigenvalue weighted by Gasteiger charge is -2.34. The molecule has 0 unspecified atom stereocenters. The lowest BCUT2D eigenvalue weighted by molar-refractivity contribution is -0.385. The molecule has 0 saturated carbocycles. The zero-order valence-electron chi connectivity index (χ0n) is 11.8. The normalized spacial score (nSPS) is 17.7. The van der Waals surface area contributed by atoms with E-state index < -0.39 is 4.92 Å². The van der Waals surface area contributed by atoms with Gasteiger partial charge in [-0.1, -0.05) is 6.07 Å². The summed E-state index contributed by atoms with van der Waals surface area (Å²) in [6, 6.07) is 5.05. The van der Waals surface area contributed by atoms with Crippen LogP contribution in [0.4, 0.5) is 5.69 Å². The average molecular weight is 280 g/mol. The Kier molecular flexibility index (Phi) is 4.57. The Morgan fingerprint density at radius 1 is 1.45 bits per heavy atom. The highest BCUT2D eigenvalue weighted by atomic mass is 16.6. The molecule has 0 atom stereocenters. The van der Waals surface area contributed by atoms with Crippen LogP contribution in [0, 0.1) is 10.1 Å². The quantitative estimate of drug-likeness (QED) is 0.661. The smallest absolute Gasteiger partial charge is 0.311 e. The fourth-order valence-electron chi connectivity index (χ4n) is 2.30. The van der Waals surface area contributed by atoms with Gasteiger partial charge < -0.3 is 14.8 Å². The first-order valence-electron chi connectivity index (χ1n) is 6.68. The number of hydrogen-bond donors (Lipinski definition) is 1. The third-order valence-corrected chi connectivity index (χ3v) is 3.76. The van der Waals surface area contributed by atoms with Gasteiger partial charge in [0.2, 0.25) is 0 Å². The molecule has 0 aromatic heterocycles. The van der Waals surface area contributed by atoms with Crippen molar-refractivity contribution in [1.29, 1.82) is 0 Å². The van der Waals surface area contributed by atoms with Crippen molar-refractivity contribution in [3.05, 3.63) is 33.9 Å². The van der Waals surface area contributed by atoms with E-state index in [-0.39, 0.29) is 17.0 Å². The summed E-state index contributed by atoms with van der Waals surface area (Å²) < 4.78 is 10.3. The maximum atomic E-state index is 11.0. The lowest BCUT2D eigenvalue weighted by atomic mass is 9.92. The van der Waals surface area contributed by atoms with Crippen molar-refractivity contribution in [2.75, 3.05) is 20.3 Å². The van der Waals surface area contributed by atoms with E-state index in [1.54, 1.807) is 12.1 Å². The molecule has 0 bridgehead atoms. The predicted octanol–water partition coefficient (Wildman–Crippen LogP) is 2.26. The summed E-state index contributed by atoms with van der Waals surface area (Å²) in [6.45, 7) is 4.27. The highest BCUT2D eigenvalue weighted by molar-refractivity contribution is 5.48. The van der Waals surface area contributed by atoms with Crippen LogP contribution >= 0.6 is 0 Å². The molecule has 1 aromatic carbocycles. The molecule has 1 aliphatic heterocycles. The molecule has 110 valence electrons. The van der Waals surface area contributed by atoms with Gasteiger partial charge in [-0.05, 0) is 31.4 Å². The van der Waals surface area contributed by atoms with Crippen LogP contribution in [0.5, 0.6) is 5.75 Å². The van der Waals surface area contributed by atoms with E-state index in [0.717, 1.165) is 31.6 Å². The van der Waals surface area contributed by atoms with Gasteiger partial charge >= 0.3 is 5.69 Å². The number of benzene rings is 1. The number of rotatable bonds is 5. The molecule has 1 N–H and O–H groups in total. The Morgan fingerprint density at radius 3 is 2.75 bits per heavy atom. The van der Waals surface area contributed by atoms with Crippen LogP contribution < -0.4 is 10.1 Å². The standard InChI is InChI=1S/C14H20N2O4/c1-14(5-7-20-8-6-14)15-10-11-3-4-13(19-2)12(9-11)16(17)18/h3-4,9,15H,5-8,10H2,1-2H3. The maximum Gasteiger partial charge on any atom is 0.311 e. The fourth-order valence-corrected chi connectivity index (χ4v) is 2.30. The summed E-state index contributed by atoms with van der Waals surface area (Å²) in [5.41, 5.74) is 0.918. The van der Waals surface area contributed by atoms with Gasteiger partial charge in [-0.2, -0.15) is 0 Å². The summed E-state index contributed by atoms with van der Waals surface area (Å²) in [6.07, 6.45) is 1.90. The zero-order valence-corrected chi connectivity index (χ0v) is 11.8. The Hall–Kier alpha value is -1.66. The zero-order chi connectivity index (χ0) is 14.6. The van der Waals surface area contributed by atoms with Crippen molar-refractivity contribution in [2.24, 2.45) is 0 Å². The summed E-state index contributed by atoms with van der Waals surface area (Å²) in [4.78, 5) is 10.6. The Bertz CT molecular complexity index is 484. The summed E-state index contributed by atoms with van der Waals surface area (Å²) in [5.74, 6) is 0.288. The van der Waals surface area contributed by atoms with Gasteiger partial charge in [0.1, 0.15) is 0 Å². The molecule has 6 nitrogen and oxygen atoms in total. The molecule has 1 aromatic rings. The van der Waals surface area contributed by atoms with Crippen LogP contribution in [0.2, 0.25) is 0 Å². The molecule has 20 heavy (non-hydrogen) atoms. The minimum Gasteiger partial charge on any atom is -0.490 e. The molecule has 6 heteroatoms. The van der Waals surface area contributed by atoms with E-state index in [1.807, 2.05) is 6.07 Å². The second-order valence-corrected chi connectivity index (χ2v) is 5.29. The van der Waals surface area contributed by atoms with Gasteiger partial charge in [0.25, 0.3) is 0 Å². The molecular formula is C14H20N2O4. The summed E-state index contributed by atoms with van der Waals surface area (Å²) in [5, 5.41) is 14.5. The first-order valence-corrected chi connectivity index (χ1v) is 6.68. The highest BCUT2D eigenvalue weighted by Crippen LogP contribution is 2.28. The topological polar surface area (TPSA) is 73.6 Å². The Balaban J connectivity index is 2.06. The molecule has 0 radical (unpaired) electrons. The number of nitrogens with one attached hydrogen (secondary N) is 1. The number of nitro groups is 1. The highest BCUT2D eigenvalue weighted by Gasteiger charge is 2.26. The molecule has 1 fully saturated rings. The van der Waals surface area contributed by atoms with Gasteiger partial charge in [0.05, 0.1) is 12.0 Å². The largest absolute Gasteiger partial charge is 0.490 e. The number of nitro benzene ring substituents is 1. The van der Waals surface area contributed by atoms with Crippen molar-refractivity contribution in [2.45, 2.75) is 31.8 Å². The van der Waals surface area contributed by atoms with E-state index in [2.05, 4.69) is 12.2 Å². The van der Waals surface area contributed by atoms with Crippen molar-refractivity contribution in [3.8, 4) is 5.75 Å². The van der Waals surface area contributed by atoms with Crippen molar-refractivity contribution in [1.82, 2.24) is 5.32 Å². The van der Waals surface area contributed by atoms with E-state index >= 15 is 0 Å². The van der Waals surface area contributed by atoms with Crippen LogP contribution in [0.15, 0.2) is 18.2 Å². The van der Waals surface area contributed by atoms with Crippen LogP contribution in [-0.2, 0) is 11.3 Å². The molecule has 1 aliphatic rings. The van der Waals surface area contributed by atoms with Crippen LogP contribution in [0.3, 0.4) is 0 Å². The number of ether oxygens (including phenoxy) is 2. The van der Waals surface area contributed by atoms with E-state index in [4.69, 9.17) is 9.47 Å². The van der Waals surface area contributed by atoms with Crippen molar-refractivity contribution >= 4 is 5.69 Å². The monoisotopic (exact) mass is 280 g/mol. The summed E-state index contributed by atoms with van der Waals surface area (Å²) in [7, 11) is 1.43. The number of hydrogen-bond acceptors (Lipinski definition) is 5. The van der Waals surface area contributed by atoms with Gasteiger partial charge in [-0.3, -0.25) is 10.1 Å². The van der Waals surface area contributed by atoms with Crippen LogP contribution in [-0.4, -0.2) is 30.8 Å². The third kappa shape index (κ3) is 3.46. The molecule has 0 amide bonds. The van der Waals surface area contributed by atoms with Gasteiger partial charge in [-0.15, -0.1) is 0 Å². The Morgan fingerprint density at radius 2 is 2.15 bits per heavy atom. The minimum atomic E-state index is -0.418. The average Bonchev–Trinajstić information content (AvgIpc) is 2.45. The second kappa shape index (κ2) is 6.19. The van der Waals surface area contributed by atoms with Crippen molar-refractivity contribution in [3.63, 3.8) is 0 Å². The number of methoxy groups -OCH3 is 1. The second-order valence-electron chi connectivity index (χ2n) is 5.29. The molecule has 0 aliphatic carbocycles. The van der Waals surface area contributed by atoms with E-state index in [1.165, 1.54) is 7.11 Å². The molecule has 1 saturated heterocycles. The minimum absolute atomic E-state index is 0.00364. The van der Waals surface area contributed by atoms with Gasteiger partial charge in [0, 0.05) is 31.4 Å². The molecule has 0 spiro atoms. The lowest BCUT2D eigenvalue weighted by Crippen LogP contribution is -2.46. The first-order chi connectivity index (χ1) is 9.54. The first kappa shape index (κ1) is 14.7. The summed E-state index contributed by atoms with van der Waals surface area (Å²) >= 11 is 0. The SMILES string of the molecule is COc1ccc(CNC2(C)CCOCC2)cc1[N+](=O)[O-]. The van der Waals surface area contributed by atoms with E-state index in [0.29, 0.717) is 6.54 Å². The third-order valence-electron chi connectivity index (χ3n) is 3.76. The Labute approximate surface area is 118 Å².